The Bertz CT molecular complexity index is 899. The van der Waals surface area contributed by atoms with Gasteiger partial charge in [0.1, 0.15) is 11.3 Å². The van der Waals surface area contributed by atoms with Crippen LogP contribution in [0.4, 0.5) is 0 Å². The molecule has 3 rings (SSSR count). The third-order valence-corrected chi connectivity index (χ3v) is 5.27. The van der Waals surface area contributed by atoms with E-state index in [-0.39, 0.29) is 18.4 Å². The Morgan fingerprint density at radius 1 is 1.07 bits per heavy atom. The minimum Gasteiger partial charge on any atom is -0.484 e. The summed E-state index contributed by atoms with van der Waals surface area (Å²) < 4.78 is 7.25. The highest BCUT2D eigenvalue weighted by Crippen LogP contribution is 2.27. The van der Waals surface area contributed by atoms with Crippen LogP contribution in [0.3, 0.4) is 0 Å². The molecule has 0 aliphatic heterocycles. The number of hydrogen-bond donors (Lipinski definition) is 2. The largest absolute Gasteiger partial charge is 0.484 e. The fourth-order valence-electron chi connectivity index (χ4n) is 3.59. The molecule has 2 N–H and O–H groups in total. The maximum Gasteiger partial charge on any atom is 0.270 e. The van der Waals surface area contributed by atoms with E-state index in [1.165, 1.54) is 0 Å². The van der Waals surface area contributed by atoms with Crippen LogP contribution in [-0.2, 0) is 4.79 Å². The van der Waals surface area contributed by atoms with Crippen LogP contribution in [0, 0.1) is 25.2 Å². The normalized spacial score (nSPS) is 15.2. The number of nitrogens with one attached hydrogen (secondary N) is 2. The van der Waals surface area contributed by atoms with Crippen LogP contribution in [0.25, 0.3) is 0 Å². The third kappa shape index (κ3) is 4.96. The molecule has 0 bridgehead atoms. The van der Waals surface area contributed by atoms with Crippen molar-refractivity contribution in [2.24, 2.45) is 0 Å². The van der Waals surface area contributed by atoms with Gasteiger partial charge in [0, 0.05) is 17.0 Å². The molecule has 29 heavy (non-hydrogen) atoms. The highest BCUT2D eigenvalue weighted by atomic mass is 16.5. The molecule has 0 unspecified atom stereocenters. The number of carbonyl (C=O) groups excluding carboxylic acids is 2. The predicted molar refractivity (Wildman–Crippen MR) is 109 cm³/mol. The SMILES string of the molecule is Cc1ccc(C)n1NC(=O)c1ccc(OCC(=O)NC2(C#N)CCCCC2)cc1. The molecular weight excluding hydrogens is 368 g/mol. The number of rotatable bonds is 6. The number of amides is 2. The second kappa shape index (κ2) is 8.82. The number of nitrogens with zero attached hydrogens (tertiary/aromatic N) is 2. The zero-order valence-corrected chi connectivity index (χ0v) is 16.8. The van der Waals surface area contributed by atoms with E-state index in [0.29, 0.717) is 24.2 Å². The van der Waals surface area contributed by atoms with E-state index in [2.05, 4.69) is 16.8 Å². The van der Waals surface area contributed by atoms with Crippen molar-refractivity contribution in [2.75, 3.05) is 12.0 Å². The van der Waals surface area contributed by atoms with Crippen LogP contribution in [0.15, 0.2) is 36.4 Å². The predicted octanol–water partition coefficient (Wildman–Crippen LogP) is 3.21. The Morgan fingerprint density at radius 2 is 1.69 bits per heavy atom. The number of carbonyl (C=O) groups is 2. The second-order valence-electron chi connectivity index (χ2n) is 7.51. The number of aromatic nitrogens is 1. The van der Waals surface area contributed by atoms with E-state index in [4.69, 9.17) is 4.74 Å². The Balaban J connectivity index is 1.53. The number of benzene rings is 1. The molecule has 2 amide bonds. The number of aryl methyl sites for hydroxylation is 2. The number of hydrogen-bond acceptors (Lipinski definition) is 4. The minimum absolute atomic E-state index is 0.170. The summed E-state index contributed by atoms with van der Waals surface area (Å²) in [4.78, 5) is 24.6. The molecule has 1 aromatic heterocycles. The molecule has 1 aliphatic rings. The topological polar surface area (TPSA) is 96.2 Å². The van der Waals surface area contributed by atoms with Gasteiger partial charge in [0.05, 0.1) is 6.07 Å². The first kappa shape index (κ1) is 20.5. The first-order chi connectivity index (χ1) is 13.9. The van der Waals surface area contributed by atoms with Gasteiger partial charge in [0.25, 0.3) is 11.8 Å². The van der Waals surface area contributed by atoms with Crippen LogP contribution in [-0.4, -0.2) is 28.6 Å². The summed E-state index contributed by atoms with van der Waals surface area (Å²) in [6.07, 6.45) is 4.35. The lowest BCUT2D eigenvalue weighted by molar-refractivity contribution is -0.124. The van der Waals surface area contributed by atoms with Crippen molar-refractivity contribution in [3.63, 3.8) is 0 Å². The lowest BCUT2D eigenvalue weighted by Gasteiger charge is -2.31. The Morgan fingerprint density at radius 3 is 2.28 bits per heavy atom. The average molecular weight is 394 g/mol. The Labute approximate surface area is 170 Å². The van der Waals surface area contributed by atoms with Gasteiger partial charge < -0.3 is 10.1 Å². The van der Waals surface area contributed by atoms with Crippen molar-refractivity contribution in [3.05, 3.63) is 53.3 Å². The van der Waals surface area contributed by atoms with Gasteiger partial charge in [-0.05, 0) is 63.1 Å². The zero-order valence-electron chi connectivity index (χ0n) is 16.8. The summed E-state index contributed by atoms with van der Waals surface area (Å²) in [7, 11) is 0. The van der Waals surface area contributed by atoms with Crippen molar-refractivity contribution in [2.45, 2.75) is 51.5 Å². The van der Waals surface area contributed by atoms with Gasteiger partial charge in [0.15, 0.2) is 6.61 Å². The molecule has 7 heteroatoms. The molecule has 1 aliphatic carbocycles. The van der Waals surface area contributed by atoms with Gasteiger partial charge in [-0.1, -0.05) is 19.3 Å². The van der Waals surface area contributed by atoms with Gasteiger partial charge in [-0.15, -0.1) is 0 Å². The molecule has 0 atom stereocenters. The first-order valence-corrected chi connectivity index (χ1v) is 9.84. The Hall–Kier alpha value is -3.27. The third-order valence-electron chi connectivity index (χ3n) is 5.27. The molecule has 7 nitrogen and oxygen atoms in total. The maximum atomic E-state index is 12.4. The molecule has 1 aromatic carbocycles. The second-order valence-corrected chi connectivity index (χ2v) is 7.51. The molecule has 1 saturated carbocycles. The zero-order chi connectivity index (χ0) is 20.9. The summed E-state index contributed by atoms with van der Waals surface area (Å²) in [5, 5.41) is 12.3. The highest BCUT2D eigenvalue weighted by molar-refractivity contribution is 6.00. The maximum absolute atomic E-state index is 12.4. The fraction of sp³-hybridized carbons (Fsp3) is 0.409. The van der Waals surface area contributed by atoms with Crippen molar-refractivity contribution in [3.8, 4) is 11.8 Å². The van der Waals surface area contributed by atoms with Crippen LogP contribution in [0.2, 0.25) is 0 Å². The van der Waals surface area contributed by atoms with Crippen molar-refractivity contribution >= 4 is 11.8 Å². The van der Waals surface area contributed by atoms with Gasteiger partial charge >= 0.3 is 0 Å². The fourth-order valence-corrected chi connectivity index (χ4v) is 3.59. The average Bonchev–Trinajstić information content (AvgIpc) is 3.05. The van der Waals surface area contributed by atoms with Crippen molar-refractivity contribution < 1.29 is 14.3 Å². The molecule has 0 saturated heterocycles. The van der Waals surface area contributed by atoms with Gasteiger partial charge in [-0.3, -0.25) is 19.7 Å². The van der Waals surface area contributed by atoms with Gasteiger partial charge in [-0.2, -0.15) is 5.26 Å². The van der Waals surface area contributed by atoms with Gasteiger partial charge in [0.2, 0.25) is 0 Å². The first-order valence-electron chi connectivity index (χ1n) is 9.84. The molecular formula is C22H26N4O3. The lowest BCUT2D eigenvalue weighted by atomic mass is 9.83. The smallest absolute Gasteiger partial charge is 0.270 e. The molecule has 1 fully saturated rings. The summed E-state index contributed by atoms with van der Waals surface area (Å²) in [6.45, 7) is 3.66. The monoisotopic (exact) mass is 394 g/mol. The molecule has 1 heterocycles. The molecule has 0 radical (unpaired) electrons. The number of ether oxygens (including phenoxy) is 1. The van der Waals surface area contributed by atoms with Crippen molar-refractivity contribution in [1.82, 2.24) is 9.99 Å². The van der Waals surface area contributed by atoms with Gasteiger partial charge in [-0.25, -0.2) is 0 Å². The summed E-state index contributed by atoms with van der Waals surface area (Å²) >= 11 is 0. The minimum atomic E-state index is -0.768. The van der Waals surface area contributed by atoms with E-state index in [0.717, 1.165) is 30.7 Å². The van der Waals surface area contributed by atoms with E-state index in [1.54, 1.807) is 28.9 Å². The number of nitriles is 1. The standard InChI is InChI=1S/C22H26N4O3/c1-16-6-7-17(2)26(16)25-21(28)18-8-10-19(11-9-18)29-14-20(27)24-22(15-23)12-4-3-5-13-22/h6-11H,3-5,12-14H2,1-2H3,(H,24,27)(H,25,28). The van der Waals surface area contributed by atoms with E-state index < -0.39 is 5.54 Å². The molecule has 0 spiro atoms. The van der Waals surface area contributed by atoms with E-state index in [1.807, 2.05) is 26.0 Å². The molecule has 152 valence electrons. The van der Waals surface area contributed by atoms with E-state index >= 15 is 0 Å². The summed E-state index contributed by atoms with van der Waals surface area (Å²) in [5.41, 5.74) is 4.44. The van der Waals surface area contributed by atoms with Crippen LogP contribution in [0.5, 0.6) is 5.75 Å². The summed E-state index contributed by atoms with van der Waals surface area (Å²) in [6, 6.07) is 12.7. The Kier molecular flexibility index (Phi) is 6.23. The quantitative estimate of drug-likeness (QED) is 0.786. The van der Waals surface area contributed by atoms with E-state index in [9.17, 15) is 14.9 Å². The van der Waals surface area contributed by atoms with Crippen molar-refractivity contribution in [1.29, 1.82) is 5.26 Å². The van der Waals surface area contributed by atoms with Crippen LogP contribution >= 0.6 is 0 Å². The lowest BCUT2D eigenvalue weighted by Crippen LogP contribution is -2.50. The van der Waals surface area contributed by atoms with Crippen LogP contribution < -0.4 is 15.5 Å². The molecule has 2 aromatic rings. The highest BCUT2D eigenvalue weighted by Gasteiger charge is 2.33. The van der Waals surface area contributed by atoms with Crippen LogP contribution in [0.1, 0.15) is 53.8 Å². The summed E-state index contributed by atoms with van der Waals surface area (Å²) in [5.74, 6) is -0.0570.